The van der Waals surface area contributed by atoms with Gasteiger partial charge in [-0.25, -0.2) is 0 Å². The van der Waals surface area contributed by atoms with Crippen LogP contribution in [0.2, 0.25) is 0 Å². The number of hydrogen-bond acceptors (Lipinski definition) is 1. The van der Waals surface area contributed by atoms with Gasteiger partial charge in [0, 0.05) is 30.4 Å². The highest BCUT2D eigenvalue weighted by Gasteiger charge is 2.46. The molecule has 2 heterocycles. The Hall–Kier alpha value is -1.77. The summed E-state index contributed by atoms with van der Waals surface area (Å²) in [6.45, 7) is 1.93. The number of rotatable bonds is 1. The second kappa shape index (κ2) is 3.13. The smallest absolute Gasteiger partial charge is 0.253 e. The molecule has 2 aromatic rings. The number of hydrogen-bond donors (Lipinski definition) is 1. The van der Waals surface area contributed by atoms with Crippen LogP contribution in [0.5, 0.6) is 0 Å². The molecular formula is C14H14N2O. The number of aromatic nitrogens is 1. The fraction of sp³-hybridized carbons (Fsp3) is 0.357. The van der Waals surface area contributed by atoms with Crippen LogP contribution in [-0.4, -0.2) is 28.9 Å². The van der Waals surface area contributed by atoms with Crippen LogP contribution in [0.25, 0.3) is 10.9 Å². The van der Waals surface area contributed by atoms with Crippen LogP contribution in [-0.2, 0) is 0 Å². The maximum atomic E-state index is 12.3. The Kier molecular flexibility index (Phi) is 1.71. The van der Waals surface area contributed by atoms with Gasteiger partial charge in [-0.1, -0.05) is 6.07 Å². The first-order valence-electron chi connectivity index (χ1n) is 6.18. The van der Waals surface area contributed by atoms with Crippen molar-refractivity contribution < 1.29 is 4.79 Å². The molecule has 0 bridgehead atoms. The average molecular weight is 226 g/mol. The molecule has 1 aliphatic heterocycles. The van der Waals surface area contributed by atoms with Gasteiger partial charge in [-0.3, -0.25) is 4.79 Å². The Bertz CT molecular complexity index is 591. The van der Waals surface area contributed by atoms with E-state index in [1.807, 2.05) is 35.4 Å². The topological polar surface area (TPSA) is 36.1 Å². The molecule has 17 heavy (non-hydrogen) atoms. The van der Waals surface area contributed by atoms with Gasteiger partial charge in [0.1, 0.15) is 0 Å². The van der Waals surface area contributed by atoms with E-state index < -0.39 is 0 Å². The maximum absolute atomic E-state index is 12.3. The largest absolute Gasteiger partial charge is 0.361 e. The van der Waals surface area contributed by atoms with Crippen LogP contribution in [0.3, 0.4) is 0 Å². The Labute approximate surface area is 99.4 Å². The van der Waals surface area contributed by atoms with Gasteiger partial charge in [0.05, 0.1) is 0 Å². The van der Waals surface area contributed by atoms with Crippen LogP contribution >= 0.6 is 0 Å². The summed E-state index contributed by atoms with van der Waals surface area (Å²) in [5.41, 5.74) is 1.85. The van der Waals surface area contributed by atoms with Crippen LogP contribution in [0.4, 0.5) is 0 Å². The number of carbonyl (C=O) groups is 1. The van der Waals surface area contributed by atoms with E-state index in [0.29, 0.717) is 0 Å². The number of likely N-dealkylation sites (tertiary alicyclic amines) is 1. The average Bonchev–Trinajstić information content (AvgIpc) is 2.82. The molecule has 86 valence electrons. The lowest BCUT2D eigenvalue weighted by Crippen LogP contribution is -2.30. The molecule has 0 spiro atoms. The van der Waals surface area contributed by atoms with Crippen molar-refractivity contribution in [1.82, 2.24) is 9.88 Å². The van der Waals surface area contributed by atoms with Crippen molar-refractivity contribution in [3.05, 3.63) is 36.0 Å². The lowest BCUT2D eigenvalue weighted by atomic mass is 10.1. The number of amides is 1. The van der Waals surface area contributed by atoms with E-state index in [1.54, 1.807) is 0 Å². The van der Waals surface area contributed by atoms with Crippen molar-refractivity contribution in [2.24, 2.45) is 11.8 Å². The molecule has 1 aromatic heterocycles. The Morgan fingerprint density at radius 1 is 1.24 bits per heavy atom. The van der Waals surface area contributed by atoms with Crippen LogP contribution in [0, 0.1) is 11.8 Å². The van der Waals surface area contributed by atoms with E-state index >= 15 is 0 Å². The number of nitrogens with zero attached hydrogens (tertiary/aromatic N) is 1. The van der Waals surface area contributed by atoms with Crippen molar-refractivity contribution in [1.29, 1.82) is 0 Å². The van der Waals surface area contributed by atoms with Crippen molar-refractivity contribution in [2.75, 3.05) is 13.1 Å². The van der Waals surface area contributed by atoms with Crippen LogP contribution < -0.4 is 0 Å². The summed E-state index contributed by atoms with van der Waals surface area (Å²) in [7, 11) is 0. The molecular weight excluding hydrogens is 212 g/mol. The second-order valence-corrected chi connectivity index (χ2v) is 5.25. The SMILES string of the molecule is O=C(c1ccc2cc[nH]c2c1)N1CC2CC2C1. The number of H-pyrrole nitrogens is 1. The third kappa shape index (κ3) is 1.38. The third-order valence-corrected chi connectivity index (χ3v) is 4.07. The third-order valence-electron chi connectivity index (χ3n) is 4.07. The van der Waals surface area contributed by atoms with Crippen molar-refractivity contribution in [3.8, 4) is 0 Å². The first-order valence-corrected chi connectivity index (χ1v) is 6.18. The molecule has 2 atom stereocenters. The van der Waals surface area contributed by atoms with Crippen LogP contribution in [0.15, 0.2) is 30.5 Å². The minimum Gasteiger partial charge on any atom is -0.361 e. The van der Waals surface area contributed by atoms with Crippen molar-refractivity contribution in [2.45, 2.75) is 6.42 Å². The molecule has 0 radical (unpaired) electrons. The predicted molar refractivity (Wildman–Crippen MR) is 65.8 cm³/mol. The molecule has 3 heteroatoms. The summed E-state index contributed by atoms with van der Waals surface area (Å²) in [6, 6.07) is 7.93. The van der Waals surface area contributed by atoms with Crippen molar-refractivity contribution >= 4 is 16.8 Å². The summed E-state index contributed by atoms with van der Waals surface area (Å²) in [5.74, 6) is 1.79. The highest BCUT2D eigenvalue weighted by atomic mass is 16.2. The van der Waals surface area contributed by atoms with Gasteiger partial charge < -0.3 is 9.88 Å². The monoisotopic (exact) mass is 226 g/mol. The van der Waals surface area contributed by atoms with E-state index in [2.05, 4.69) is 4.98 Å². The van der Waals surface area contributed by atoms with Gasteiger partial charge in [0.2, 0.25) is 0 Å². The quantitative estimate of drug-likeness (QED) is 0.795. The van der Waals surface area contributed by atoms with Crippen molar-refractivity contribution in [3.63, 3.8) is 0 Å². The first-order chi connectivity index (χ1) is 8.31. The van der Waals surface area contributed by atoms with Crippen LogP contribution in [0.1, 0.15) is 16.8 Å². The van der Waals surface area contributed by atoms with E-state index in [1.165, 1.54) is 6.42 Å². The zero-order valence-corrected chi connectivity index (χ0v) is 9.52. The van der Waals surface area contributed by atoms with Gasteiger partial charge in [-0.2, -0.15) is 0 Å². The van der Waals surface area contributed by atoms with E-state index in [0.717, 1.165) is 41.4 Å². The number of fused-ring (bicyclic) bond motifs is 2. The van der Waals surface area contributed by atoms with E-state index in [9.17, 15) is 4.79 Å². The number of benzene rings is 1. The van der Waals surface area contributed by atoms with Gasteiger partial charge >= 0.3 is 0 Å². The molecule has 1 amide bonds. The normalized spacial score (nSPS) is 26.2. The summed E-state index contributed by atoms with van der Waals surface area (Å²) in [5, 5.41) is 1.16. The molecule has 2 aliphatic rings. The minimum atomic E-state index is 0.189. The highest BCUT2D eigenvalue weighted by Crippen LogP contribution is 2.45. The molecule has 4 rings (SSSR count). The number of carbonyl (C=O) groups excluding carboxylic acids is 1. The van der Waals surface area contributed by atoms with E-state index in [4.69, 9.17) is 0 Å². The molecule has 1 saturated heterocycles. The Morgan fingerprint density at radius 3 is 2.88 bits per heavy atom. The zero-order chi connectivity index (χ0) is 11.4. The molecule has 1 N–H and O–H groups in total. The number of piperidine rings is 1. The summed E-state index contributed by atoms with van der Waals surface area (Å²) >= 11 is 0. The molecule has 1 saturated carbocycles. The Morgan fingerprint density at radius 2 is 2.06 bits per heavy atom. The molecule has 1 aliphatic carbocycles. The van der Waals surface area contributed by atoms with Gasteiger partial charge in [-0.05, 0) is 41.8 Å². The molecule has 1 aromatic carbocycles. The summed E-state index contributed by atoms with van der Waals surface area (Å²) in [6.07, 6.45) is 3.24. The lowest BCUT2D eigenvalue weighted by Gasteiger charge is -2.17. The van der Waals surface area contributed by atoms with Gasteiger partial charge in [-0.15, -0.1) is 0 Å². The molecule has 2 unspecified atom stereocenters. The molecule has 2 fully saturated rings. The molecule has 3 nitrogen and oxygen atoms in total. The summed E-state index contributed by atoms with van der Waals surface area (Å²) < 4.78 is 0. The minimum absolute atomic E-state index is 0.189. The zero-order valence-electron chi connectivity index (χ0n) is 9.52. The van der Waals surface area contributed by atoms with Gasteiger partial charge in [0.15, 0.2) is 0 Å². The number of aromatic amines is 1. The standard InChI is InChI=1S/C14H14N2O/c17-14(16-7-11-5-12(11)8-16)10-2-1-9-3-4-15-13(9)6-10/h1-4,6,11-12,15H,5,7-8H2. The lowest BCUT2D eigenvalue weighted by molar-refractivity contribution is 0.0775. The fourth-order valence-electron chi connectivity index (χ4n) is 2.93. The van der Waals surface area contributed by atoms with Gasteiger partial charge in [0.25, 0.3) is 5.91 Å². The summed E-state index contributed by atoms with van der Waals surface area (Å²) in [4.78, 5) is 17.4. The number of nitrogens with one attached hydrogen (secondary N) is 1. The predicted octanol–water partition coefficient (Wildman–Crippen LogP) is 2.26. The fourth-order valence-corrected chi connectivity index (χ4v) is 2.93. The Balaban J connectivity index is 1.66. The highest BCUT2D eigenvalue weighted by molar-refractivity contribution is 5.98. The first kappa shape index (κ1) is 9.28. The van der Waals surface area contributed by atoms with E-state index in [-0.39, 0.29) is 5.91 Å². The second-order valence-electron chi connectivity index (χ2n) is 5.25. The maximum Gasteiger partial charge on any atom is 0.253 e.